The van der Waals surface area contributed by atoms with Gasteiger partial charge in [-0.2, -0.15) is 13.9 Å². The van der Waals surface area contributed by atoms with E-state index < -0.39 is 34.5 Å². The molecule has 1 aliphatic heterocycles. The average molecular weight is 576 g/mol. The number of carbonyl (C=O) groups is 1. The molecular formula is C29H36F3N5O4. The van der Waals surface area contributed by atoms with Crippen LogP contribution in [0.25, 0.3) is 10.8 Å². The molecule has 1 amide bonds. The maximum atomic E-state index is 15.5. The number of nitrogens with one attached hydrogen (secondary N) is 1. The first-order chi connectivity index (χ1) is 19.2. The van der Waals surface area contributed by atoms with Gasteiger partial charge in [-0.1, -0.05) is 12.1 Å². The number of halogens is 3. The number of benzene rings is 1. The number of aromatic nitrogens is 3. The van der Waals surface area contributed by atoms with Gasteiger partial charge in [0, 0.05) is 62.7 Å². The summed E-state index contributed by atoms with van der Waals surface area (Å²) < 4.78 is 46.4. The lowest BCUT2D eigenvalue weighted by molar-refractivity contribution is -0.170. The number of carbonyl (C=O) groups excluding carboxylic acids is 1. The summed E-state index contributed by atoms with van der Waals surface area (Å²) in [5.41, 5.74) is -2.84. The standard InChI is InChI=1S/C29H36F3N5O4/c1-16(19-7-6-8-21(25(19)30)29(31,32)28(3,4)41)33-26-20-15-23(18-9-12-37(13-10-18)17(2)39)34-22(11-14-38)24(20)27(40)36(5)35-26/h6-8,15-16,18,38,41H,9-14H2,1-5H3,(H,33,35)/t16-/m1/s1. The van der Waals surface area contributed by atoms with Gasteiger partial charge in [-0.25, -0.2) is 9.07 Å². The molecule has 0 radical (unpaired) electrons. The largest absolute Gasteiger partial charge is 0.396 e. The third-order valence-electron chi connectivity index (χ3n) is 7.79. The molecule has 9 nitrogen and oxygen atoms in total. The molecule has 1 aromatic carbocycles. The monoisotopic (exact) mass is 575 g/mol. The highest BCUT2D eigenvalue weighted by Gasteiger charge is 2.49. The van der Waals surface area contributed by atoms with E-state index in [4.69, 9.17) is 4.98 Å². The van der Waals surface area contributed by atoms with Crippen molar-refractivity contribution in [3.05, 3.63) is 63.0 Å². The third-order valence-corrected chi connectivity index (χ3v) is 7.79. The van der Waals surface area contributed by atoms with E-state index in [0.29, 0.717) is 42.7 Å². The normalized spacial score (nSPS) is 15.8. The van der Waals surface area contributed by atoms with Gasteiger partial charge in [0.15, 0.2) is 5.82 Å². The quantitative estimate of drug-likeness (QED) is 0.374. The summed E-state index contributed by atoms with van der Waals surface area (Å²) in [6.45, 7) is 5.83. The average Bonchev–Trinajstić information content (AvgIpc) is 2.90. The van der Waals surface area contributed by atoms with E-state index in [0.717, 1.165) is 24.6 Å². The van der Waals surface area contributed by atoms with Crippen molar-refractivity contribution in [1.29, 1.82) is 0 Å². The fraction of sp³-hybridized carbons (Fsp3) is 0.517. The van der Waals surface area contributed by atoms with Crippen molar-refractivity contribution in [2.45, 2.75) is 70.4 Å². The van der Waals surface area contributed by atoms with Crippen LogP contribution < -0.4 is 10.9 Å². The van der Waals surface area contributed by atoms with Crippen molar-refractivity contribution in [2.75, 3.05) is 25.0 Å². The summed E-state index contributed by atoms with van der Waals surface area (Å²) in [6, 6.07) is 4.50. The molecule has 41 heavy (non-hydrogen) atoms. The van der Waals surface area contributed by atoms with Gasteiger partial charge in [-0.05, 0) is 45.7 Å². The lowest BCUT2D eigenvalue weighted by Gasteiger charge is -2.31. The van der Waals surface area contributed by atoms with Crippen molar-refractivity contribution >= 4 is 22.5 Å². The summed E-state index contributed by atoms with van der Waals surface area (Å²) in [4.78, 5) is 31.5. The first kappa shape index (κ1) is 30.4. The second-order valence-electron chi connectivity index (χ2n) is 11.2. The zero-order chi connectivity index (χ0) is 30.3. The highest BCUT2D eigenvalue weighted by Crippen LogP contribution is 2.41. The van der Waals surface area contributed by atoms with Crippen LogP contribution in [-0.2, 0) is 24.2 Å². The van der Waals surface area contributed by atoms with Gasteiger partial charge in [0.2, 0.25) is 5.91 Å². The predicted octanol–water partition coefficient (Wildman–Crippen LogP) is 3.76. The summed E-state index contributed by atoms with van der Waals surface area (Å²) in [7, 11) is 1.46. The van der Waals surface area contributed by atoms with Gasteiger partial charge in [0.05, 0.1) is 22.7 Å². The Hall–Kier alpha value is -3.51. The van der Waals surface area contributed by atoms with Crippen molar-refractivity contribution in [1.82, 2.24) is 19.7 Å². The van der Waals surface area contributed by atoms with Gasteiger partial charge >= 0.3 is 5.92 Å². The molecule has 1 fully saturated rings. The number of amides is 1. The minimum absolute atomic E-state index is 0.0000297. The minimum Gasteiger partial charge on any atom is -0.396 e. The second kappa shape index (κ2) is 11.4. The molecule has 1 saturated heterocycles. The number of anilines is 1. The van der Waals surface area contributed by atoms with Crippen LogP contribution in [0.5, 0.6) is 0 Å². The number of aliphatic hydroxyl groups excluding tert-OH is 1. The molecule has 12 heteroatoms. The zero-order valence-electron chi connectivity index (χ0n) is 23.8. The van der Waals surface area contributed by atoms with Gasteiger partial charge < -0.3 is 20.4 Å². The molecule has 222 valence electrons. The Kier molecular flexibility index (Phi) is 8.47. The van der Waals surface area contributed by atoms with Crippen LogP contribution >= 0.6 is 0 Å². The fourth-order valence-electron chi connectivity index (χ4n) is 5.29. The van der Waals surface area contributed by atoms with E-state index in [9.17, 15) is 28.6 Å². The number of alkyl halides is 2. The molecule has 1 atom stereocenters. The van der Waals surface area contributed by atoms with Gasteiger partial charge in [-0.3, -0.25) is 14.6 Å². The molecule has 3 aromatic rings. The molecule has 0 spiro atoms. The first-order valence-electron chi connectivity index (χ1n) is 13.6. The highest BCUT2D eigenvalue weighted by atomic mass is 19.3. The number of rotatable bonds is 8. The van der Waals surface area contributed by atoms with Crippen molar-refractivity contribution in [3.8, 4) is 0 Å². The van der Waals surface area contributed by atoms with Crippen LogP contribution in [0.4, 0.5) is 19.0 Å². The van der Waals surface area contributed by atoms with Crippen molar-refractivity contribution in [2.24, 2.45) is 7.05 Å². The number of aryl methyl sites for hydroxylation is 1. The molecule has 3 heterocycles. The lowest BCUT2D eigenvalue weighted by atomic mass is 9.90. The summed E-state index contributed by atoms with van der Waals surface area (Å²) in [6.07, 6.45) is 1.45. The molecule has 3 N–H and O–H groups in total. The molecular weight excluding hydrogens is 539 g/mol. The van der Waals surface area contributed by atoms with Crippen molar-refractivity contribution < 1.29 is 28.2 Å². The van der Waals surface area contributed by atoms with E-state index in [1.165, 1.54) is 26.1 Å². The first-order valence-corrected chi connectivity index (χ1v) is 13.6. The van der Waals surface area contributed by atoms with E-state index >= 15 is 4.39 Å². The summed E-state index contributed by atoms with van der Waals surface area (Å²) in [5.74, 6) is -4.79. The predicted molar refractivity (Wildman–Crippen MR) is 148 cm³/mol. The van der Waals surface area contributed by atoms with E-state index in [-0.39, 0.29) is 41.6 Å². The Morgan fingerprint density at radius 3 is 2.49 bits per heavy atom. The topological polar surface area (TPSA) is 121 Å². The second-order valence-corrected chi connectivity index (χ2v) is 11.2. The van der Waals surface area contributed by atoms with Crippen LogP contribution in [0.1, 0.15) is 75.0 Å². The molecule has 0 saturated carbocycles. The SMILES string of the molecule is CC(=O)N1CCC(c2cc3c(N[C@H](C)c4cccc(C(F)(F)C(C)(C)O)c4F)nn(C)c(=O)c3c(CCO)n2)CC1. The molecule has 0 unspecified atom stereocenters. The lowest BCUT2D eigenvalue weighted by Crippen LogP contribution is -2.41. The molecule has 0 bridgehead atoms. The van der Waals surface area contributed by atoms with Gasteiger partial charge in [0.1, 0.15) is 11.4 Å². The maximum Gasteiger partial charge on any atom is 0.303 e. The van der Waals surface area contributed by atoms with E-state index in [1.807, 2.05) is 0 Å². The number of pyridine rings is 1. The Morgan fingerprint density at radius 2 is 1.90 bits per heavy atom. The van der Waals surface area contributed by atoms with Crippen LogP contribution in [0, 0.1) is 5.82 Å². The summed E-state index contributed by atoms with van der Waals surface area (Å²) >= 11 is 0. The number of piperidine rings is 1. The van der Waals surface area contributed by atoms with Gasteiger partial charge in [-0.15, -0.1) is 0 Å². The Morgan fingerprint density at radius 1 is 1.24 bits per heavy atom. The zero-order valence-corrected chi connectivity index (χ0v) is 23.8. The molecule has 1 aliphatic rings. The van der Waals surface area contributed by atoms with E-state index in [2.05, 4.69) is 10.4 Å². The van der Waals surface area contributed by atoms with Crippen LogP contribution in [0.2, 0.25) is 0 Å². The summed E-state index contributed by atoms with van der Waals surface area (Å²) in [5, 5.41) is 27.8. The number of likely N-dealkylation sites (tertiary alicyclic amines) is 1. The maximum absolute atomic E-state index is 15.5. The Labute approximate surface area is 236 Å². The van der Waals surface area contributed by atoms with Crippen LogP contribution in [0.3, 0.4) is 0 Å². The smallest absolute Gasteiger partial charge is 0.303 e. The molecule has 0 aliphatic carbocycles. The molecule has 4 rings (SSSR count). The van der Waals surface area contributed by atoms with Crippen LogP contribution in [-0.4, -0.2) is 61.1 Å². The number of aliphatic hydroxyl groups is 2. The number of fused-ring (bicyclic) bond motifs is 1. The fourth-order valence-corrected chi connectivity index (χ4v) is 5.29. The molecule has 2 aromatic heterocycles. The van der Waals surface area contributed by atoms with Crippen LogP contribution in [0.15, 0.2) is 29.1 Å². The number of nitrogens with zero attached hydrogens (tertiary/aromatic N) is 4. The number of hydrogen-bond donors (Lipinski definition) is 3. The third kappa shape index (κ3) is 5.80. The highest BCUT2D eigenvalue weighted by molar-refractivity contribution is 5.93. The minimum atomic E-state index is -3.86. The Bertz CT molecular complexity index is 1510. The van der Waals surface area contributed by atoms with E-state index in [1.54, 1.807) is 17.9 Å². The Balaban J connectivity index is 1.79. The van der Waals surface area contributed by atoms with Gasteiger partial charge in [0.25, 0.3) is 5.56 Å². The number of hydrogen-bond acceptors (Lipinski definition) is 7. The van der Waals surface area contributed by atoms with Crippen molar-refractivity contribution in [3.63, 3.8) is 0 Å².